The van der Waals surface area contributed by atoms with Crippen LogP contribution in [0.2, 0.25) is 0 Å². The van der Waals surface area contributed by atoms with E-state index in [0.717, 1.165) is 11.8 Å². The van der Waals surface area contributed by atoms with E-state index in [1.54, 1.807) is 0 Å². The topological polar surface area (TPSA) is 18.5 Å². The largest absolute Gasteiger partial charge is 0.340 e. The van der Waals surface area contributed by atoms with Crippen molar-refractivity contribution in [1.29, 1.82) is 0 Å². The molecule has 22 heavy (non-hydrogen) atoms. The summed E-state index contributed by atoms with van der Waals surface area (Å²) >= 11 is 0. The minimum absolute atomic E-state index is 0.132. The van der Waals surface area contributed by atoms with E-state index in [1.165, 1.54) is 25.7 Å². The number of hydrogen-bond acceptors (Lipinski definition) is 2. The van der Waals surface area contributed by atoms with E-state index in [9.17, 15) is 0 Å². The Labute approximate surface area is 135 Å². The van der Waals surface area contributed by atoms with E-state index in [0.29, 0.717) is 16.7 Å². The lowest BCUT2D eigenvalue weighted by molar-refractivity contribution is -0.158. The van der Waals surface area contributed by atoms with Gasteiger partial charge in [0.2, 0.25) is 0 Å². The predicted molar refractivity (Wildman–Crippen MR) is 88.4 cm³/mol. The molecule has 3 aliphatic carbocycles. The lowest BCUT2D eigenvalue weighted by Crippen LogP contribution is -2.52. The third kappa shape index (κ3) is 1.59. The predicted octanol–water partition coefficient (Wildman–Crippen LogP) is 4.94. The molecule has 3 saturated carbocycles. The number of ether oxygens (including phenoxy) is 2. The Bertz CT molecular complexity index is 524. The van der Waals surface area contributed by atoms with Crippen LogP contribution in [0.25, 0.3) is 0 Å². The SMILES string of the molecule is C/C=C/[C@]1(C)O[C@H]2C[C@@]34C[C@H](C(C)(C)[C@@H]3CC[C@H]4C)[C@@]2(C)O1. The fraction of sp³-hybridized carbons (Fsp3) is 0.900. The molecule has 2 bridgehead atoms. The Hall–Kier alpha value is -0.340. The van der Waals surface area contributed by atoms with Crippen LogP contribution in [0.1, 0.15) is 67.2 Å². The summed E-state index contributed by atoms with van der Waals surface area (Å²) in [5.41, 5.74) is 0.731. The van der Waals surface area contributed by atoms with Crippen molar-refractivity contribution in [3.05, 3.63) is 12.2 Å². The van der Waals surface area contributed by atoms with Gasteiger partial charge in [-0.15, -0.1) is 0 Å². The molecule has 4 rings (SSSR count). The van der Waals surface area contributed by atoms with E-state index in [4.69, 9.17) is 9.47 Å². The molecule has 1 aliphatic heterocycles. The molecule has 0 aromatic carbocycles. The second-order valence-electron chi connectivity index (χ2n) is 9.45. The van der Waals surface area contributed by atoms with Gasteiger partial charge in [-0.05, 0) is 81.1 Å². The van der Waals surface area contributed by atoms with Gasteiger partial charge in [-0.2, -0.15) is 0 Å². The third-order valence-corrected chi connectivity index (χ3v) is 8.11. The zero-order valence-corrected chi connectivity index (χ0v) is 15.1. The van der Waals surface area contributed by atoms with Gasteiger partial charge in [0.25, 0.3) is 0 Å². The van der Waals surface area contributed by atoms with Crippen molar-refractivity contribution in [3.8, 4) is 0 Å². The molecular weight excluding hydrogens is 272 g/mol. The molecule has 2 nitrogen and oxygen atoms in total. The first-order chi connectivity index (χ1) is 10.2. The lowest BCUT2D eigenvalue weighted by atomic mass is 9.63. The molecule has 4 aliphatic rings. The second kappa shape index (κ2) is 4.19. The molecule has 0 N–H and O–H groups in total. The quantitative estimate of drug-likeness (QED) is 0.639. The summed E-state index contributed by atoms with van der Waals surface area (Å²) in [7, 11) is 0. The normalized spacial score (nSPS) is 59.0. The number of hydrogen-bond donors (Lipinski definition) is 0. The smallest absolute Gasteiger partial charge is 0.186 e. The zero-order valence-electron chi connectivity index (χ0n) is 15.1. The van der Waals surface area contributed by atoms with Crippen molar-refractivity contribution >= 4 is 0 Å². The Morgan fingerprint density at radius 1 is 1.00 bits per heavy atom. The summed E-state index contributed by atoms with van der Waals surface area (Å²) in [5, 5.41) is 0. The zero-order chi connectivity index (χ0) is 16.0. The van der Waals surface area contributed by atoms with Gasteiger partial charge in [0.15, 0.2) is 5.79 Å². The second-order valence-corrected chi connectivity index (χ2v) is 9.45. The van der Waals surface area contributed by atoms with E-state index in [2.05, 4.69) is 46.8 Å². The molecule has 124 valence electrons. The van der Waals surface area contributed by atoms with Crippen LogP contribution in [0.15, 0.2) is 12.2 Å². The monoisotopic (exact) mass is 304 g/mol. The Morgan fingerprint density at radius 3 is 2.41 bits per heavy atom. The van der Waals surface area contributed by atoms with E-state index >= 15 is 0 Å². The first-order valence-corrected chi connectivity index (χ1v) is 9.20. The number of allylic oxidation sites excluding steroid dienone is 1. The van der Waals surface area contributed by atoms with E-state index in [-0.39, 0.29) is 11.7 Å². The van der Waals surface area contributed by atoms with E-state index in [1.807, 2.05) is 6.92 Å². The molecule has 7 atom stereocenters. The van der Waals surface area contributed by atoms with Crippen LogP contribution >= 0.6 is 0 Å². The fourth-order valence-electron chi connectivity index (χ4n) is 7.23. The Balaban J connectivity index is 1.78. The summed E-state index contributed by atoms with van der Waals surface area (Å²) in [5.74, 6) is 1.76. The molecule has 1 heterocycles. The van der Waals surface area contributed by atoms with Crippen LogP contribution in [0.4, 0.5) is 0 Å². The molecule has 2 heteroatoms. The summed E-state index contributed by atoms with van der Waals surface area (Å²) < 4.78 is 13.1. The molecule has 4 fully saturated rings. The average Bonchev–Trinajstić information content (AvgIpc) is 2.92. The van der Waals surface area contributed by atoms with Gasteiger partial charge in [-0.3, -0.25) is 0 Å². The summed E-state index contributed by atoms with van der Waals surface area (Å²) in [4.78, 5) is 0. The van der Waals surface area contributed by atoms with Crippen molar-refractivity contribution in [3.63, 3.8) is 0 Å². The molecular formula is C20H32O2. The molecule has 1 spiro atoms. The van der Waals surface area contributed by atoms with Crippen molar-refractivity contribution < 1.29 is 9.47 Å². The summed E-state index contributed by atoms with van der Waals surface area (Å²) in [6.45, 7) is 14.0. The van der Waals surface area contributed by atoms with Crippen LogP contribution in [0.3, 0.4) is 0 Å². The third-order valence-electron chi connectivity index (χ3n) is 8.11. The Morgan fingerprint density at radius 2 is 1.73 bits per heavy atom. The van der Waals surface area contributed by atoms with Crippen LogP contribution < -0.4 is 0 Å². The standard InChI is InChI=1S/C20H32O2/c1-7-10-18(5)21-16-12-20-11-15(19(16,6)22-18)17(3,4)14(20)9-8-13(20)2/h7,10,13-16H,8-9,11-12H2,1-6H3/b10-7+/t13-,14+,15-,16+,18-,19-,20-/m1/s1. The molecule has 0 unspecified atom stereocenters. The van der Waals surface area contributed by atoms with Gasteiger partial charge >= 0.3 is 0 Å². The van der Waals surface area contributed by atoms with Crippen molar-refractivity contribution in [2.45, 2.75) is 84.7 Å². The molecule has 0 amide bonds. The minimum atomic E-state index is -0.539. The summed E-state index contributed by atoms with van der Waals surface area (Å²) in [6.07, 6.45) is 9.73. The minimum Gasteiger partial charge on any atom is -0.340 e. The van der Waals surface area contributed by atoms with Gasteiger partial charge in [-0.1, -0.05) is 26.8 Å². The van der Waals surface area contributed by atoms with Crippen LogP contribution in [-0.2, 0) is 9.47 Å². The van der Waals surface area contributed by atoms with Crippen LogP contribution in [0, 0.1) is 28.6 Å². The first-order valence-electron chi connectivity index (χ1n) is 9.20. The maximum absolute atomic E-state index is 6.63. The molecule has 0 aromatic rings. The van der Waals surface area contributed by atoms with Gasteiger partial charge in [-0.25, -0.2) is 0 Å². The Kier molecular flexibility index (Phi) is 2.89. The number of rotatable bonds is 1. The van der Waals surface area contributed by atoms with Crippen LogP contribution in [0.5, 0.6) is 0 Å². The maximum Gasteiger partial charge on any atom is 0.186 e. The van der Waals surface area contributed by atoms with Crippen molar-refractivity contribution in [2.75, 3.05) is 0 Å². The summed E-state index contributed by atoms with van der Waals surface area (Å²) in [6, 6.07) is 0. The molecule has 1 saturated heterocycles. The molecule has 0 aromatic heterocycles. The van der Waals surface area contributed by atoms with Crippen LogP contribution in [-0.4, -0.2) is 17.5 Å². The van der Waals surface area contributed by atoms with Crippen molar-refractivity contribution in [2.24, 2.45) is 28.6 Å². The van der Waals surface area contributed by atoms with Gasteiger partial charge in [0.1, 0.15) is 0 Å². The van der Waals surface area contributed by atoms with Gasteiger partial charge in [0, 0.05) is 0 Å². The maximum atomic E-state index is 6.63. The highest BCUT2D eigenvalue weighted by molar-refractivity contribution is 5.22. The average molecular weight is 304 g/mol. The van der Waals surface area contributed by atoms with Gasteiger partial charge in [0.05, 0.1) is 11.7 Å². The van der Waals surface area contributed by atoms with Crippen molar-refractivity contribution in [1.82, 2.24) is 0 Å². The highest BCUT2D eigenvalue weighted by atomic mass is 16.8. The van der Waals surface area contributed by atoms with E-state index < -0.39 is 5.79 Å². The highest BCUT2D eigenvalue weighted by Gasteiger charge is 2.74. The first kappa shape index (κ1) is 15.2. The number of fused-ring (bicyclic) bond motifs is 3. The van der Waals surface area contributed by atoms with Gasteiger partial charge < -0.3 is 9.47 Å². The lowest BCUT2D eigenvalue weighted by Gasteiger charge is -2.47. The highest BCUT2D eigenvalue weighted by Crippen LogP contribution is 2.75. The molecule has 0 radical (unpaired) electrons. The fourth-order valence-corrected chi connectivity index (χ4v) is 7.23.